The van der Waals surface area contributed by atoms with E-state index in [-0.39, 0.29) is 12.5 Å². The highest BCUT2D eigenvalue weighted by Gasteiger charge is 2.10. The summed E-state index contributed by atoms with van der Waals surface area (Å²) in [7, 11) is 0. The largest absolute Gasteiger partial charge is 0.389 e. The van der Waals surface area contributed by atoms with Crippen LogP contribution in [0.15, 0.2) is 42.5 Å². The van der Waals surface area contributed by atoms with Gasteiger partial charge in [0.05, 0.1) is 12.6 Å². The van der Waals surface area contributed by atoms with Crippen molar-refractivity contribution in [3.05, 3.63) is 59.2 Å². The zero-order valence-electron chi connectivity index (χ0n) is 13.2. The van der Waals surface area contributed by atoms with Crippen molar-refractivity contribution < 1.29 is 9.90 Å². The molecule has 0 saturated carbocycles. The van der Waals surface area contributed by atoms with E-state index < -0.39 is 6.10 Å². The van der Waals surface area contributed by atoms with Gasteiger partial charge in [-0.2, -0.15) is 0 Å². The third kappa shape index (κ3) is 3.86. The van der Waals surface area contributed by atoms with Crippen LogP contribution in [-0.2, 0) is 4.79 Å². The van der Waals surface area contributed by atoms with E-state index in [0.29, 0.717) is 11.3 Å². The molecule has 4 heteroatoms. The summed E-state index contributed by atoms with van der Waals surface area (Å²) in [5.74, 6) is -0.143. The van der Waals surface area contributed by atoms with Crippen LogP contribution in [0.3, 0.4) is 0 Å². The van der Waals surface area contributed by atoms with Crippen LogP contribution in [-0.4, -0.2) is 17.6 Å². The van der Waals surface area contributed by atoms with Gasteiger partial charge in [0, 0.05) is 16.9 Å². The first-order valence-electron chi connectivity index (χ1n) is 7.36. The number of anilines is 2. The smallest absolute Gasteiger partial charge is 0.243 e. The molecule has 0 aliphatic rings. The predicted molar refractivity (Wildman–Crippen MR) is 90.1 cm³/mol. The second kappa shape index (κ2) is 7.09. The molecule has 0 bridgehead atoms. The van der Waals surface area contributed by atoms with E-state index >= 15 is 0 Å². The lowest BCUT2D eigenvalue weighted by Crippen LogP contribution is -2.23. The molecule has 0 fully saturated rings. The average Bonchev–Trinajstić information content (AvgIpc) is 2.47. The Labute approximate surface area is 131 Å². The molecule has 0 aliphatic carbocycles. The van der Waals surface area contributed by atoms with Crippen molar-refractivity contribution in [3.8, 4) is 0 Å². The van der Waals surface area contributed by atoms with E-state index in [0.717, 1.165) is 16.8 Å². The minimum absolute atomic E-state index is 0.143. The molecule has 3 N–H and O–H groups in total. The minimum atomic E-state index is -0.622. The SMILES string of the molecule is Cc1cccc(C)c1NCC(=O)Nc1ccccc1C(C)O. The van der Waals surface area contributed by atoms with Gasteiger partial charge in [0.15, 0.2) is 0 Å². The number of aliphatic hydroxyl groups excluding tert-OH is 1. The fourth-order valence-electron chi connectivity index (χ4n) is 2.43. The zero-order chi connectivity index (χ0) is 16.1. The van der Waals surface area contributed by atoms with Gasteiger partial charge < -0.3 is 15.7 Å². The fourth-order valence-corrected chi connectivity index (χ4v) is 2.43. The molecule has 1 atom stereocenters. The van der Waals surface area contributed by atoms with Crippen LogP contribution in [0.4, 0.5) is 11.4 Å². The Balaban J connectivity index is 2.02. The van der Waals surface area contributed by atoms with Crippen molar-refractivity contribution in [2.45, 2.75) is 26.9 Å². The highest BCUT2D eigenvalue weighted by Crippen LogP contribution is 2.22. The molecule has 4 nitrogen and oxygen atoms in total. The first kappa shape index (κ1) is 16.0. The van der Waals surface area contributed by atoms with Crippen molar-refractivity contribution in [3.63, 3.8) is 0 Å². The summed E-state index contributed by atoms with van der Waals surface area (Å²) >= 11 is 0. The summed E-state index contributed by atoms with van der Waals surface area (Å²) in [6, 6.07) is 13.3. The van der Waals surface area contributed by atoms with Gasteiger partial charge in [-0.25, -0.2) is 0 Å². The number of hydrogen-bond acceptors (Lipinski definition) is 3. The quantitative estimate of drug-likeness (QED) is 0.792. The average molecular weight is 298 g/mol. The standard InChI is InChI=1S/C18H22N2O2/c1-12-7-6-8-13(2)18(12)19-11-17(22)20-16-10-5-4-9-15(16)14(3)21/h4-10,14,19,21H,11H2,1-3H3,(H,20,22). The molecule has 22 heavy (non-hydrogen) atoms. The molecule has 0 radical (unpaired) electrons. The molecule has 1 amide bonds. The molecule has 0 heterocycles. The van der Waals surface area contributed by atoms with E-state index in [1.165, 1.54) is 0 Å². The van der Waals surface area contributed by atoms with E-state index in [1.807, 2.05) is 44.2 Å². The van der Waals surface area contributed by atoms with E-state index in [2.05, 4.69) is 10.6 Å². The second-order valence-electron chi connectivity index (χ2n) is 5.43. The molecular formula is C18H22N2O2. The molecule has 0 saturated heterocycles. The second-order valence-corrected chi connectivity index (χ2v) is 5.43. The monoisotopic (exact) mass is 298 g/mol. The highest BCUT2D eigenvalue weighted by molar-refractivity contribution is 5.94. The Kier molecular flexibility index (Phi) is 5.17. The lowest BCUT2D eigenvalue weighted by Gasteiger charge is -2.15. The number of hydrogen-bond donors (Lipinski definition) is 3. The maximum Gasteiger partial charge on any atom is 0.243 e. The van der Waals surface area contributed by atoms with E-state index in [1.54, 1.807) is 19.1 Å². The number of benzene rings is 2. The van der Waals surface area contributed by atoms with Gasteiger partial charge >= 0.3 is 0 Å². The number of carbonyl (C=O) groups excluding carboxylic acids is 1. The first-order valence-corrected chi connectivity index (χ1v) is 7.36. The van der Waals surface area contributed by atoms with Crippen molar-refractivity contribution in [2.24, 2.45) is 0 Å². The molecule has 2 aromatic rings. The van der Waals surface area contributed by atoms with Gasteiger partial charge in [-0.05, 0) is 38.0 Å². The Morgan fingerprint density at radius 2 is 1.73 bits per heavy atom. The van der Waals surface area contributed by atoms with Crippen LogP contribution in [0.2, 0.25) is 0 Å². The van der Waals surface area contributed by atoms with Crippen LogP contribution in [0.5, 0.6) is 0 Å². The highest BCUT2D eigenvalue weighted by atomic mass is 16.3. The molecular weight excluding hydrogens is 276 g/mol. The summed E-state index contributed by atoms with van der Waals surface area (Å²) in [6.07, 6.45) is -0.622. The number of aliphatic hydroxyl groups is 1. The topological polar surface area (TPSA) is 61.4 Å². The third-order valence-electron chi connectivity index (χ3n) is 3.59. The Morgan fingerprint density at radius 1 is 1.09 bits per heavy atom. The summed E-state index contributed by atoms with van der Waals surface area (Å²) in [6.45, 7) is 5.88. The third-order valence-corrected chi connectivity index (χ3v) is 3.59. The summed E-state index contributed by atoms with van der Waals surface area (Å²) in [4.78, 5) is 12.1. The molecule has 116 valence electrons. The summed E-state index contributed by atoms with van der Waals surface area (Å²) in [5.41, 5.74) is 4.56. The van der Waals surface area contributed by atoms with Gasteiger partial charge in [0.25, 0.3) is 0 Å². The van der Waals surface area contributed by atoms with E-state index in [9.17, 15) is 9.90 Å². The molecule has 2 rings (SSSR count). The molecule has 0 aromatic heterocycles. The van der Waals surface area contributed by atoms with Gasteiger partial charge in [-0.1, -0.05) is 36.4 Å². The predicted octanol–water partition coefficient (Wildman–Crippen LogP) is 3.41. The van der Waals surface area contributed by atoms with Crippen LogP contribution in [0.25, 0.3) is 0 Å². The van der Waals surface area contributed by atoms with Gasteiger partial charge in [-0.3, -0.25) is 4.79 Å². The van der Waals surface area contributed by atoms with Crippen molar-refractivity contribution in [2.75, 3.05) is 17.2 Å². The number of carbonyl (C=O) groups is 1. The molecule has 0 spiro atoms. The zero-order valence-corrected chi connectivity index (χ0v) is 13.2. The van der Waals surface area contributed by atoms with Gasteiger partial charge in [-0.15, -0.1) is 0 Å². The maximum absolute atomic E-state index is 12.1. The molecule has 2 aromatic carbocycles. The fraction of sp³-hybridized carbons (Fsp3) is 0.278. The maximum atomic E-state index is 12.1. The Morgan fingerprint density at radius 3 is 2.36 bits per heavy atom. The van der Waals surface area contributed by atoms with Gasteiger partial charge in [0.1, 0.15) is 0 Å². The minimum Gasteiger partial charge on any atom is -0.389 e. The summed E-state index contributed by atoms with van der Waals surface area (Å²) < 4.78 is 0. The van der Waals surface area contributed by atoms with Crippen LogP contribution < -0.4 is 10.6 Å². The summed E-state index contributed by atoms with van der Waals surface area (Å²) in [5, 5.41) is 15.7. The number of amides is 1. The lowest BCUT2D eigenvalue weighted by molar-refractivity contribution is -0.114. The normalized spacial score (nSPS) is 11.8. The Hall–Kier alpha value is -2.33. The first-order chi connectivity index (χ1) is 10.5. The van der Waals surface area contributed by atoms with Crippen LogP contribution in [0.1, 0.15) is 29.7 Å². The molecule has 1 unspecified atom stereocenters. The van der Waals surface area contributed by atoms with Crippen molar-refractivity contribution in [1.82, 2.24) is 0 Å². The molecule has 0 aliphatic heterocycles. The number of para-hydroxylation sites is 2. The van der Waals surface area contributed by atoms with E-state index in [4.69, 9.17) is 0 Å². The van der Waals surface area contributed by atoms with Crippen molar-refractivity contribution >= 4 is 17.3 Å². The number of rotatable bonds is 5. The van der Waals surface area contributed by atoms with Crippen molar-refractivity contribution in [1.29, 1.82) is 0 Å². The number of nitrogens with one attached hydrogen (secondary N) is 2. The van der Waals surface area contributed by atoms with Gasteiger partial charge in [0.2, 0.25) is 5.91 Å². The Bertz CT molecular complexity index is 646. The number of aryl methyl sites for hydroxylation is 2. The van der Waals surface area contributed by atoms with Crippen LogP contribution >= 0.6 is 0 Å². The lowest BCUT2D eigenvalue weighted by atomic mass is 10.1. The van der Waals surface area contributed by atoms with Crippen LogP contribution in [0, 0.1) is 13.8 Å².